The summed E-state index contributed by atoms with van der Waals surface area (Å²) in [5.74, 6) is -0.938. The summed E-state index contributed by atoms with van der Waals surface area (Å²) in [4.78, 5) is 35.3. The minimum Gasteiger partial charge on any atom is -0.462 e. The molecule has 0 bridgehead atoms. The lowest BCUT2D eigenvalue weighted by Crippen LogP contribution is -2.37. The normalized spacial score (nSPS) is 15.0. The van der Waals surface area contributed by atoms with E-state index in [1.54, 1.807) is 0 Å². The van der Waals surface area contributed by atoms with Gasteiger partial charge < -0.3 is 24.0 Å². The Bertz CT molecular complexity index is 1260. The van der Waals surface area contributed by atoms with Crippen molar-refractivity contribution in [1.29, 1.82) is 0 Å². The van der Waals surface area contributed by atoms with Crippen LogP contribution in [0.5, 0.6) is 0 Å². The highest BCUT2D eigenvalue weighted by molar-refractivity contribution is 7.47. The molecule has 0 saturated carbocycles. The summed E-state index contributed by atoms with van der Waals surface area (Å²) >= 11 is 0. The number of carbonyl (C=O) groups is 2. The van der Waals surface area contributed by atoms with Gasteiger partial charge in [-0.15, -0.1) is 0 Å². The molecule has 3 atom stereocenters. The highest BCUT2D eigenvalue weighted by Gasteiger charge is 2.27. The molecule has 0 saturated heterocycles. The second kappa shape index (κ2) is 37.4. The summed E-state index contributed by atoms with van der Waals surface area (Å²) in [7, 11) is 1.38. The molecule has 0 spiro atoms. The van der Waals surface area contributed by atoms with Crippen molar-refractivity contribution in [3.63, 3.8) is 0 Å². The quantitative estimate of drug-likeness (QED) is 0.0207. The van der Waals surface area contributed by atoms with Gasteiger partial charge >= 0.3 is 19.8 Å². The van der Waals surface area contributed by atoms with Crippen molar-refractivity contribution in [2.75, 3.05) is 47.5 Å². The molecule has 1 unspecified atom stereocenters. The molecule has 10 nitrogen and oxygen atoms in total. The Hall–Kier alpha value is -2.85. The van der Waals surface area contributed by atoms with E-state index in [2.05, 4.69) is 85.9 Å². The average Bonchev–Trinajstić information content (AvgIpc) is 3.16. The van der Waals surface area contributed by atoms with E-state index >= 15 is 0 Å². The molecule has 11 heteroatoms. The summed E-state index contributed by atoms with van der Waals surface area (Å²) in [5, 5.41) is 9.57. The number of esters is 2. The Labute approximate surface area is 346 Å². The third-order valence-electron chi connectivity index (χ3n) is 8.56. The molecule has 326 valence electrons. The van der Waals surface area contributed by atoms with Gasteiger partial charge in [0.25, 0.3) is 0 Å². The zero-order valence-electron chi connectivity index (χ0n) is 36.1. The van der Waals surface area contributed by atoms with E-state index in [0.717, 1.165) is 70.6 Å². The van der Waals surface area contributed by atoms with Gasteiger partial charge in [0, 0.05) is 12.8 Å². The summed E-state index contributed by atoms with van der Waals surface area (Å²) < 4.78 is 34.1. The van der Waals surface area contributed by atoms with E-state index in [9.17, 15) is 24.2 Å². The van der Waals surface area contributed by atoms with Crippen molar-refractivity contribution in [3.05, 3.63) is 85.1 Å². The van der Waals surface area contributed by atoms with Crippen molar-refractivity contribution in [3.8, 4) is 0 Å². The van der Waals surface area contributed by atoms with Crippen LogP contribution >= 0.6 is 7.82 Å². The largest absolute Gasteiger partial charge is 0.472 e. The summed E-state index contributed by atoms with van der Waals surface area (Å²) in [6.07, 6.45) is 44.4. The first kappa shape index (κ1) is 54.2. The van der Waals surface area contributed by atoms with Crippen LogP contribution in [0.1, 0.15) is 136 Å². The lowest BCUT2D eigenvalue weighted by Gasteiger charge is -2.24. The number of carbonyl (C=O) groups excluding carboxylic acids is 2. The van der Waals surface area contributed by atoms with Crippen LogP contribution in [0.25, 0.3) is 0 Å². The van der Waals surface area contributed by atoms with Crippen LogP contribution in [0.3, 0.4) is 0 Å². The third-order valence-corrected chi connectivity index (χ3v) is 9.55. The smallest absolute Gasteiger partial charge is 0.462 e. The molecular formula is C46H79NO9P+. The van der Waals surface area contributed by atoms with Crippen molar-refractivity contribution >= 4 is 19.8 Å². The number of quaternary nitrogens is 1. The molecule has 0 aliphatic heterocycles. The van der Waals surface area contributed by atoms with Crippen LogP contribution in [-0.4, -0.2) is 86.1 Å². The van der Waals surface area contributed by atoms with Gasteiger partial charge in [-0.05, 0) is 96.3 Å². The molecule has 2 N–H and O–H groups in total. The lowest BCUT2D eigenvalue weighted by molar-refractivity contribution is -0.870. The number of phosphoric acid groups is 1. The highest BCUT2D eigenvalue weighted by Crippen LogP contribution is 2.43. The second-order valence-electron chi connectivity index (χ2n) is 15.2. The molecule has 0 aromatic carbocycles. The molecule has 57 heavy (non-hydrogen) atoms. The Morgan fingerprint density at radius 2 is 1.09 bits per heavy atom. The van der Waals surface area contributed by atoms with E-state index in [1.165, 1.54) is 19.3 Å². The minimum absolute atomic E-state index is 0.00446. The number of likely N-dealkylation sites (N-methyl/N-ethyl adjacent to an activating group) is 1. The number of unbranched alkanes of at least 4 members (excludes halogenated alkanes) is 6. The van der Waals surface area contributed by atoms with Gasteiger partial charge in [-0.2, -0.15) is 0 Å². The SMILES string of the molecule is CCCCC/C=C\C/C=C\C/C=C\CCCCC(=O)OC[C@H](COP(=O)(O)OCC[N+](C)(C)C)OC(=O)CCC/C=C\C/C=C\C/C=C\C/C=C\CC[C@H](O)CC. The Balaban J connectivity index is 4.58. The predicted octanol–water partition coefficient (Wildman–Crippen LogP) is 11.0. The fourth-order valence-corrected chi connectivity index (χ4v) is 5.73. The Morgan fingerprint density at radius 3 is 1.60 bits per heavy atom. The highest BCUT2D eigenvalue weighted by atomic mass is 31.2. The van der Waals surface area contributed by atoms with Gasteiger partial charge in [-0.25, -0.2) is 4.57 Å². The fraction of sp³-hybridized carbons (Fsp3) is 0.652. The second-order valence-corrected chi connectivity index (χ2v) is 16.6. The predicted molar refractivity (Wildman–Crippen MR) is 235 cm³/mol. The molecule has 0 heterocycles. The van der Waals surface area contributed by atoms with Crippen LogP contribution < -0.4 is 0 Å². The minimum atomic E-state index is -4.41. The van der Waals surface area contributed by atoms with Crippen molar-refractivity contribution in [1.82, 2.24) is 0 Å². The number of hydrogen-bond donors (Lipinski definition) is 2. The zero-order valence-corrected chi connectivity index (χ0v) is 37.0. The average molecular weight is 821 g/mol. The molecule has 0 aromatic rings. The number of ether oxygens (including phenoxy) is 2. The van der Waals surface area contributed by atoms with Gasteiger partial charge in [0.15, 0.2) is 6.10 Å². The first-order valence-electron chi connectivity index (χ1n) is 21.4. The summed E-state index contributed by atoms with van der Waals surface area (Å²) in [6, 6.07) is 0. The van der Waals surface area contributed by atoms with Gasteiger partial charge in [0.05, 0.1) is 33.9 Å². The van der Waals surface area contributed by atoms with Crippen LogP contribution in [0.15, 0.2) is 85.1 Å². The van der Waals surface area contributed by atoms with Gasteiger partial charge in [0.2, 0.25) is 0 Å². The first-order chi connectivity index (χ1) is 27.4. The molecule has 0 fully saturated rings. The van der Waals surface area contributed by atoms with E-state index in [0.29, 0.717) is 30.3 Å². The van der Waals surface area contributed by atoms with Gasteiger partial charge in [-0.3, -0.25) is 18.6 Å². The van der Waals surface area contributed by atoms with Crippen LogP contribution in [-0.2, 0) is 32.7 Å². The molecule has 0 aliphatic rings. The number of allylic oxidation sites excluding steroid dienone is 14. The van der Waals surface area contributed by atoms with Crippen LogP contribution in [0, 0.1) is 0 Å². The van der Waals surface area contributed by atoms with E-state index in [1.807, 2.05) is 34.1 Å². The van der Waals surface area contributed by atoms with E-state index in [4.69, 9.17) is 18.5 Å². The van der Waals surface area contributed by atoms with Crippen LogP contribution in [0.2, 0.25) is 0 Å². The third kappa shape index (κ3) is 41.1. The summed E-state index contributed by atoms with van der Waals surface area (Å²) in [5.41, 5.74) is 0. The number of hydrogen-bond acceptors (Lipinski definition) is 8. The van der Waals surface area contributed by atoms with E-state index < -0.39 is 32.5 Å². The number of aliphatic hydroxyl groups excluding tert-OH is 1. The lowest BCUT2D eigenvalue weighted by atomic mass is 10.1. The number of aliphatic hydroxyl groups is 1. The molecule has 0 aliphatic carbocycles. The monoisotopic (exact) mass is 821 g/mol. The Morgan fingerprint density at radius 1 is 0.614 bits per heavy atom. The molecule has 0 radical (unpaired) electrons. The van der Waals surface area contributed by atoms with E-state index in [-0.39, 0.29) is 32.2 Å². The van der Waals surface area contributed by atoms with Gasteiger partial charge in [0.1, 0.15) is 19.8 Å². The molecule has 0 rings (SSSR count). The zero-order chi connectivity index (χ0) is 42.3. The molecule has 0 aromatic heterocycles. The van der Waals surface area contributed by atoms with Crippen molar-refractivity contribution in [2.24, 2.45) is 0 Å². The Kier molecular flexibility index (Phi) is 35.6. The van der Waals surface area contributed by atoms with Crippen molar-refractivity contribution in [2.45, 2.75) is 148 Å². The number of nitrogens with zero attached hydrogens (tertiary/aromatic N) is 1. The number of phosphoric ester groups is 1. The molecular weight excluding hydrogens is 741 g/mol. The molecule has 0 amide bonds. The van der Waals surface area contributed by atoms with Gasteiger partial charge in [-0.1, -0.05) is 112 Å². The standard InChI is InChI=1S/C46H78NO9P/c1-6-8-9-10-11-12-13-14-15-19-22-25-28-31-34-37-45(49)53-41-44(42-55-57(51,52)54-40-39-47(3,4)5)56-46(50)38-35-32-29-26-23-20-17-16-18-21-24-27-30-33-36-43(48)7-2/h11-12,14-15,17-18,20-22,25-27,29-30,43-44,48H,6-10,13,16,19,23-24,28,31-42H2,1-5H3/p+1/b12-11-,15-14-,20-17-,21-18-,25-22-,29-26-,30-27-/t43-,44-/m1/s1. The van der Waals surface area contributed by atoms with Crippen molar-refractivity contribution < 1.29 is 47.2 Å². The maximum Gasteiger partial charge on any atom is 0.472 e. The first-order valence-corrected chi connectivity index (χ1v) is 22.9. The number of rotatable bonds is 37. The maximum absolute atomic E-state index is 12.7. The van der Waals surface area contributed by atoms with Crippen LogP contribution in [0.4, 0.5) is 0 Å². The topological polar surface area (TPSA) is 129 Å². The summed E-state index contributed by atoms with van der Waals surface area (Å²) in [6.45, 7) is 3.96. The fourth-order valence-electron chi connectivity index (χ4n) is 4.99. The maximum atomic E-state index is 12.7.